The van der Waals surface area contributed by atoms with Crippen LogP contribution in [-0.4, -0.2) is 29.1 Å². The summed E-state index contributed by atoms with van der Waals surface area (Å²) >= 11 is 1.77. The fraction of sp³-hybridized carbons (Fsp3) is 0.857. The first-order valence-corrected chi connectivity index (χ1v) is 5.05. The van der Waals surface area contributed by atoms with E-state index in [4.69, 9.17) is 10.8 Å². The molecular formula is C7H16ClNO2S. The molecule has 5 heteroatoms. The third kappa shape index (κ3) is 8.17. The fourth-order valence-corrected chi connectivity index (χ4v) is 1.23. The average molecular weight is 214 g/mol. The Balaban J connectivity index is 0. The van der Waals surface area contributed by atoms with Gasteiger partial charge in [0.05, 0.1) is 0 Å². The van der Waals surface area contributed by atoms with Crippen LogP contribution in [0.15, 0.2) is 0 Å². The molecule has 0 aliphatic heterocycles. The quantitative estimate of drug-likeness (QED) is 0.654. The Hall–Kier alpha value is 0.0700. The van der Waals surface area contributed by atoms with E-state index in [1.165, 1.54) is 0 Å². The largest absolute Gasteiger partial charge is 0.480 e. The molecule has 0 aromatic heterocycles. The smallest absolute Gasteiger partial charge is 0.320 e. The van der Waals surface area contributed by atoms with Crippen molar-refractivity contribution in [3.8, 4) is 0 Å². The van der Waals surface area contributed by atoms with E-state index in [0.29, 0.717) is 6.42 Å². The zero-order valence-electron chi connectivity index (χ0n) is 7.16. The highest BCUT2D eigenvalue weighted by Crippen LogP contribution is 2.03. The van der Waals surface area contributed by atoms with Crippen LogP contribution in [0.4, 0.5) is 0 Å². The Morgan fingerprint density at radius 1 is 1.58 bits per heavy atom. The Labute approximate surface area is 83.5 Å². The summed E-state index contributed by atoms with van der Waals surface area (Å²) in [7, 11) is 0. The third-order valence-corrected chi connectivity index (χ3v) is 2.13. The molecule has 0 heterocycles. The van der Waals surface area contributed by atoms with Crippen LogP contribution >= 0.6 is 24.2 Å². The number of unbranched alkanes of at least 4 members (excludes halogenated alkanes) is 1. The van der Waals surface area contributed by atoms with Crippen molar-refractivity contribution in [2.75, 3.05) is 12.0 Å². The van der Waals surface area contributed by atoms with Gasteiger partial charge in [0.25, 0.3) is 0 Å². The van der Waals surface area contributed by atoms with Crippen LogP contribution in [0.3, 0.4) is 0 Å². The van der Waals surface area contributed by atoms with Gasteiger partial charge in [0, 0.05) is 0 Å². The van der Waals surface area contributed by atoms with E-state index in [1.54, 1.807) is 11.8 Å². The number of nitrogens with two attached hydrogens (primary N) is 1. The van der Waals surface area contributed by atoms with Crippen molar-refractivity contribution < 1.29 is 9.90 Å². The Morgan fingerprint density at radius 3 is 2.58 bits per heavy atom. The van der Waals surface area contributed by atoms with Crippen LogP contribution in [-0.2, 0) is 4.79 Å². The Morgan fingerprint density at radius 2 is 2.17 bits per heavy atom. The lowest BCUT2D eigenvalue weighted by molar-refractivity contribution is -0.138. The molecule has 12 heavy (non-hydrogen) atoms. The molecule has 0 radical (unpaired) electrons. The molecule has 1 unspecified atom stereocenters. The first-order chi connectivity index (χ1) is 5.18. The molecule has 0 bridgehead atoms. The van der Waals surface area contributed by atoms with Gasteiger partial charge in [-0.2, -0.15) is 11.8 Å². The molecule has 0 aromatic carbocycles. The molecular weight excluding hydrogens is 198 g/mol. The molecule has 0 aromatic rings. The van der Waals surface area contributed by atoms with Crippen molar-refractivity contribution in [2.24, 2.45) is 5.73 Å². The predicted molar refractivity (Wildman–Crippen MR) is 55.1 cm³/mol. The van der Waals surface area contributed by atoms with E-state index in [0.717, 1.165) is 18.6 Å². The van der Waals surface area contributed by atoms with Gasteiger partial charge in [-0.25, -0.2) is 0 Å². The molecule has 1 atom stereocenters. The number of rotatable bonds is 6. The van der Waals surface area contributed by atoms with Crippen molar-refractivity contribution in [1.29, 1.82) is 0 Å². The molecule has 0 amide bonds. The van der Waals surface area contributed by atoms with Gasteiger partial charge in [0.1, 0.15) is 6.04 Å². The predicted octanol–water partition coefficient (Wildman–Crippen LogP) is 1.35. The lowest BCUT2D eigenvalue weighted by Crippen LogP contribution is -2.29. The molecule has 0 rings (SSSR count). The lowest BCUT2D eigenvalue weighted by Gasteiger charge is -2.04. The number of thioether (sulfide) groups is 1. The second kappa shape index (κ2) is 9.16. The van der Waals surface area contributed by atoms with Crippen LogP contribution in [0.25, 0.3) is 0 Å². The van der Waals surface area contributed by atoms with Gasteiger partial charge in [-0.1, -0.05) is 6.42 Å². The van der Waals surface area contributed by atoms with E-state index in [1.807, 2.05) is 6.26 Å². The van der Waals surface area contributed by atoms with Gasteiger partial charge in [-0.05, 0) is 24.9 Å². The Bertz CT molecular complexity index is 124. The molecule has 3 nitrogen and oxygen atoms in total. The maximum atomic E-state index is 10.2. The molecule has 0 fully saturated rings. The number of halogens is 1. The van der Waals surface area contributed by atoms with Crippen LogP contribution in [0.1, 0.15) is 19.3 Å². The molecule has 0 spiro atoms. The molecule has 0 saturated heterocycles. The van der Waals surface area contributed by atoms with Gasteiger partial charge in [-0.15, -0.1) is 12.4 Å². The first-order valence-electron chi connectivity index (χ1n) is 3.65. The van der Waals surface area contributed by atoms with Gasteiger partial charge in [0.15, 0.2) is 0 Å². The fourth-order valence-electron chi connectivity index (χ4n) is 0.734. The van der Waals surface area contributed by atoms with Crippen molar-refractivity contribution in [2.45, 2.75) is 25.3 Å². The highest BCUT2D eigenvalue weighted by atomic mass is 35.5. The van der Waals surface area contributed by atoms with E-state index in [2.05, 4.69) is 0 Å². The normalized spacial score (nSPS) is 11.8. The first kappa shape index (κ1) is 14.6. The van der Waals surface area contributed by atoms with Crippen LogP contribution in [0, 0.1) is 0 Å². The van der Waals surface area contributed by atoms with Gasteiger partial charge >= 0.3 is 5.97 Å². The topological polar surface area (TPSA) is 63.3 Å². The number of carbonyl (C=O) groups is 1. The Kier molecular flexibility index (Phi) is 11.1. The maximum absolute atomic E-state index is 10.2. The average Bonchev–Trinajstić information content (AvgIpc) is 1.97. The number of aliphatic carboxylic acids is 1. The van der Waals surface area contributed by atoms with Crippen molar-refractivity contribution in [3.63, 3.8) is 0 Å². The number of carboxylic acids is 1. The number of hydrogen-bond acceptors (Lipinski definition) is 3. The summed E-state index contributed by atoms with van der Waals surface area (Å²) in [5.74, 6) is 0.195. The number of hydrogen-bond donors (Lipinski definition) is 2. The summed E-state index contributed by atoms with van der Waals surface area (Å²) in [4.78, 5) is 10.2. The van der Waals surface area contributed by atoms with Crippen LogP contribution in [0.2, 0.25) is 0 Å². The summed E-state index contributed by atoms with van der Waals surface area (Å²) in [5, 5.41) is 8.41. The zero-order chi connectivity index (χ0) is 8.69. The molecule has 3 N–H and O–H groups in total. The van der Waals surface area contributed by atoms with Gasteiger partial charge in [-0.3, -0.25) is 4.79 Å². The minimum absolute atomic E-state index is 0. The molecule has 0 aliphatic rings. The van der Waals surface area contributed by atoms with Crippen LogP contribution < -0.4 is 5.73 Å². The maximum Gasteiger partial charge on any atom is 0.320 e. The number of carboxylic acid groups (broad SMARTS) is 1. The highest BCUT2D eigenvalue weighted by molar-refractivity contribution is 7.98. The van der Waals surface area contributed by atoms with Crippen molar-refractivity contribution >= 4 is 30.1 Å². The van der Waals surface area contributed by atoms with E-state index < -0.39 is 12.0 Å². The van der Waals surface area contributed by atoms with Gasteiger partial charge in [0.2, 0.25) is 0 Å². The summed E-state index contributed by atoms with van der Waals surface area (Å²) in [6.07, 6.45) is 4.60. The molecule has 0 saturated carbocycles. The minimum Gasteiger partial charge on any atom is -0.480 e. The third-order valence-electron chi connectivity index (χ3n) is 1.43. The lowest BCUT2D eigenvalue weighted by atomic mass is 10.1. The van der Waals surface area contributed by atoms with Gasteiger partial charge < -0.3 is 10.8 Å². The summed E-state index contributed by atoms with van der Waals surface area (Å²) in [6.45, 7) is 0. The zero-order valence-corrected chi connectivity index (χ0v) is 8.79. The second-order valence-corrected chi connectivity index (χ2v) is 3.42. The van der Waals surface area contributed by atoms with E-state index in [-0.39, 0.29) is 12.4 Å². The monoisotopic (exact) mass is 213 g/mol. The summed E-state index contributed by atoms with van der Waals surface area (Å²) in [5.41, 5.74) is 5.29. The van der Waals surface area contributed by atoms with Crippen molar-refractivity contribution in [1.82, 2.24) is 0 Å². The van der Waals surface area contributed by atoms with E-state index in [9.17, 15) is 4.79 Å². The highest BCUT2D eigenvalue weighted by Gasteiger charge is 2.09. The summed E-state index contributed by atoms with van der Waals surface area (Å²) in [6, 6.07) is -0.670. The van der Waals surface area contributed by atoms with Crippen LogP contribution in [0.5, 0.6) is 0 Å². The summed E-state index contributed by atoms with van der Waals surface area (Å²) < 4.78 is 0. The standard InChI is InChI=1S/C7H15NO2S.ClH/c1-11-5-3-2-4-6(8)7(9)10;/h6H,2-5,8H2,1H3,(H,9,10);1H. The van der Waals surface area contributed by atoms with E-state index >= 15 is 0 Å². The molecule has 0 aliphatic carbocycles. The SMILES string of the molecule is CSCCCCC(N)C(=O)O.Cl. The molecule has 74 valence electrons. The minimum atomic E-state index is -0.894. The van der Waals surface area contributed by atoms with Crippen molar-refractivity contribution in [3.05, 3.63) is 0 Å². The second-order valence-electron chi connectivity index (χ2n) is 2.43.